The minimum atomic E-state index is -0.976. The second kappa shape index (κ2) is 17.0. The van der Waals surface area contributed by atoms with Gasteiger partial charge in [-0.05, 0) is 47.8 Å². The number of unbranched alkanes of at least 4 members (excludes halogenated alkanes) is 9. The molecule has 0 aliphatic carbocycles. The number of carboxylic acids is 1. The second-order valence-corrected chi connectivity index (χ2v) is 12.1. The lowest BCUT2D eigenvalue weighted by molar-refractivity contribution is 0.0696. The van der Waals surface area contributed by atoms with Crippen LogP contribution < -0.4 is 0 Å². The van der Waals surface area contributed by atoms with Gasteiger partial charge in [-0.25, -0.2) is 4.79 Å². The molecule has 0 aliphatic rings. The van der Waals surface area contributed by atoms with Crippen LogP contribution in [0, 0.1) is 11.3 Å². The summed E-state index contributed by atoms with van der Waals surface area (Å²) < 4.78 is 0. The fraction of sp³-hybridized carbons (Fsp3) is 0.774. The molecule has 0 amide bonds. The molecule has 1 rings (SSSR count). The Kier molecular flexibility index (Phi) is 16.3. The predicted octanol–water partition coefficient (Wildman–Crippen LogP) is 10.1. The molecule has 0 aliphatic heterocycles. The first-order chi connectivity index (χ1) is 15.8. The summed E-state index contributed by atoms with van der Waals surface area (Å²) in [5.41, 5.74) is 1.11. The van der Waals surface area contributed by atoms with Gasteiger partial charge in [0.1, 0.15) is 5.75 Å². The van der Waals surface area contributed by atoms with Crippen LogP contribution in [0.25, 0.3) is 0 Å². The van der Waals surface area contributed by atoms with E-state index >= 15 is 0 Å². The van der Waals surface area contributed by atoms with Crippen LogP contribution in [-0.2, 0) is 5.41 Å². The Morgan fingerprint density at radius 2 is 1.24 bits per heavy atom. The summed E-state index contributed by atoms with van der Waals surface area (Å²) in [6.07, 6.45) is 18.7. The Balaban J connectivity index is 0.000000679. The van der Waals surface area contributed by atoms with Gasteiger partial charge >= 0.3 is 5.97 Å². The maximum Gasteiger partial charge on any atom is 0.335 e. The Morgan fingerprint density at radius 1 is 0.765 bits per heavy atom. The van der Waals surface area contributed by atoms with E-state index in [1.807, 2.05) is 20.8 Å². The van der Waals surface area contributed by atoms with E-state index in [0.717, 1.165) is 5.92 Å². The van der Waals surface area contributed by atoms with Gasteiger partial charge in [-0.15, -0.1) is 0 Å². The number of benzene rings is 1. The van der Waals surface area contributed by atoms with Crippen LogP contribution >= 0.6 is 0 Å². The van der Waals surface area contributed by atoms with Crippen LogP contribution in [0.2, 0.25) is 0 Å². The average Bonchev–Trinajstić information content (AvgIpc) is 2.73. The van der Waals surface area contributed by atoms with Gasteiger partial charge in [-0.2, -0.15) is 0 Å². The van der Waals surface area contributed by atoms with E-state index in [1.165, 1.54) is 102 Å². The smallest absolute Gasteiger partial charge is 0.335 e. The molecular formula is C31H56O3. The Hall–Kier alpha value is -1.51. The SMILES string of the molecule is CC(C)(C)c1cc(C(=O)O)ccc1O.CCCCCCCCCCCC(CCCC)C(C)(C)C. The number of rotatable bonds is 14. The van der Waals surface area contributed by atoms with Crippen molar-refractivity contribution in [3.8, 4) is 5.75 Å². The summed E-state index contributed by atoms with van der Waals surface area (Å²) >= 11 is 0. The number of hydrogen-bond donors (Lipinski definition) is 2. The molecule has 34 heavy (non-hydrogen) atoms. The zero-order valence-corrected chi connectivity index (χ0v) is 23.8. The zero-order valence-electron chi connectivity index (χ0n) is 23.8. The van der Waals surface area contributed by atoms with Crippen molar-refractivity contribution in [1.82, 2.24) is 0 Å². The van der Waals surface area contributed by atoms with E-state index in [4.69, 9.17) is 5.11 Å². The summed E-state index contributed by atoms with van der Waals surface area (Å²) in [5, 5.41) is 18.3. The predicted molar refractivity (Wildman–Crippen MR) is 148 cm³/mol. The summed E-state index contributed by atoms with van der Waals surface area (Å²) in [6.45, 7) is 17.7. The monoisotopic (exact) mass is 476 g/mol. The molecule has 1 atom stereocenters. The van der Waals surface area contributed by atoms with Crippen molar-refractivity contribution >= 4 is 5.97 Å². The van der Waals surface area contributed by atoms with Crippen LogP contribution in [0.15, 0.2) is 18.2 Å². The van der Waals surface area contributed by atoms with Gasteiger partial charge < -0.3 is 10.2 Å². The lowest BCUT2D eigenvalue weighted by Crippen LogP contribution is -2.20. The van der Waals surface area contributed by atoms with E-state index in [9.17, 15) is 9.90 Å². The van der Waals surface area contributed by atoms with Crippen molar-refractivity contribution in [2.24, 2.45) is 11.3 Å². The van der Waals surface area contributed by atoms with Gasteiger partial charge in [-0.3, -0.25) is 0 Å². The van der Waals surface area contributed by atoms with Crippen LogP contribution in [-0.4, -0.2) is 16.2 Å². The maximum atomic E-state index is 10.7. The molecule has 0 heterocycles. The summed E-state index contributed by atoms with van der Waals surface area (Å²) in [5.74, 6) is 0.102. The third kappa shape index (κ3) is 14.7. The minimum Gasteiger partial charge on any atom is -0.508 e. The lowest BCUT2D eigenvalue weighted by atomic mass is 9.75. The molecule has 0 radical (unpaired) electrons. The number of hydrogen-bond acceptors (Lipinski definition) is 2. The Bertz CT molecular complexity index is 664. The molecule has 1 aromatic carbocycles. The van der Waals surface area contributed by atoms with E-state index in [2.05, 4.69) is 34.6 Å². The molecule has 0 bridgehead atoms. The van der Waals surface area contributed by atoms with Crippen molar-refractivity contribution in [1.29, 1.82) is 0 Å². The van der Waals surface area contributed by atoms with Crippen LogP contribution in [0.3, 0.4) is 0 Å². The number of carboxylic acid groups (broad SMARTS) is 1. The van der Waals surface area contributed by atoms with Crippen molar-refractivity contribution in [3.05, 3.63) is 29.3 Å². The molecule has 0 saturated carbocycles. The number of phenolic OH excluding ortho intramolecular Hbond substituents is 1. The van der Waals surface area contributed by atoms with Gasteiger partial charge in [0.2, 0.25) is 0 Å². The van der Waals surface area contributed by atoms with Crippen LogP contribution in [0.5, 0.6) is 5.75 Å². The molecule has 0 aromatic heterocycles. The van der Waals surface area contributed by atoms with Gasteiger partial charge in [-0.1, -0.05) is 126 Å². The summed E-state index contributed by atoms with van der Waals surface area (Å²) in [4.78, 5) is 10.7. The fourth-order valence-corrected chi connectivity index (χ4v) is 4.43. The first-order valence-corrected chi connectivity index (χ1v) is 13.9. The van der Waals surface area contributed by atoms with E-state index in [-0.39, 0.29) is 16.7 Å². The highest BCUT2D eigenvalue weighted by atomic mass is 16.4. The summed E-state index contributed by atoms with van der Waals surface area (Å²) in [7, 11) is 0. The molecule has 3 nitrogen and oxygen atoms in total. The summed E-state index contributed by atoms with van der Waals surface area (Å²) in [6, 6.07) is 4.33. The average molecular weight is 477 g/mol. The van der Waals surface area contributed by atoms with Gasteiger partial charge in [0.25, 0.3) is 0 Å². The quantitative estimate of drug-likeness (QED) is 0.262. The number of aromatic hydroxyl groups is 1. The van der Waals surface area contributed by atoms with Gasteiger partial charge in [0.05, 0.1) is 5.56 Å². The minimum absolute atomic E-state index is 0.141. The molecule has 2 N–H and O–H groups in total. The van der Waals surface area contributed by atoms with Gasteiger partial charge in [0, 0.05) is 5.56 Å². The van der Waals surface area contributed by atoms with Crippen molar-refractivity contribution in [2.45, 2.75) is 144 Å². The normalized spacial score (nSPS) is 12.7. The lowest BCUT2D eigenvalue weighted by Gasteiger charge is -2.31. The van der Waals surface area contributed by atoms with Crippen molar-refractivity contribution in [3.63, 3.8) is 0 Å². The maximum absolute atomic E-state index is 10.7. The second-order valence-electron chi connectivity index (χ2n) is 12.1. The van der Waals surface area contributed by atoms with Crippen molar-refractivity contribution < 1.29 is 15.0 Å². The van der Waals surface area contributed by atoms with Gasteiger partial charge in [0.15, 0.2) is 0 Å². The third-order valence-corrected chi connectivity index (χ3v) is 6.84. The molecule has 1 aromatic rings. The molecule has 0 spiro atoms. The standard InChI is InChI=1S/C20H42.C11H14O3/c1-6-8-10-11-12-13-14-15-16-18-19(17-9-7-2)20(3,4)5;1-11(2,3)8-6-7(10(13)14)4-5-9(8)12/h19H,6-18H2,1-5H3;4-6,12H,1-3H3,(H,13,14). The largest absolute Gasteiger partial charge is 0.508 e. The topological polar surface area (TPSA) is 57.5 Å². The number of carbonyl (C=O) groups is 1. The number of phenols is 1. The highest BCUT2D eigenvalue weighted by Gasteiger charge is 2.23. The third-order valence-electron chi connectivity index (χ3n) is 6.84. The highest BCUT2D eigenvalue weighted by Crippen LogP contribution is 2.34. The molecule has 198 valence electrons. The zero-order chi connectivity index (χ0) is 26.2. The molecule has 3 heteroatoms. The highest BCUT2D eigenvalue weighted by molar-refractivity contribution is 5.88. The van der Waals surface area contributed by atoms with E-state index < -0.39 is 5.97 Å². The van der Waals surface area contributed by atoms with E-state index in [0.29, 0.717) is 11.0 Å². The fourth-order valence-electron chi connectivity index (χ4n) is 4.43. The number of aromatic carboxylic acids is 1. The Labute approximate surface area is 211 Å². The van der Waals surface area contributed by atoms with Crippen LogP contribution in [0.4, 0.5) is 0 Å². The Morgan fingerprint density at radius 3 is 1.68 bits per heavy atom. The first kappa shape index (κ1) is 32.5. The molecule has 1 unspecified atom stereocenters. The van der Waals surface area contributed by atoms with Crippen LogP contribution in [0.1, 0.15) is 155 Å². The first-order valence-electron chi connectivity index (χ1n) is 13.9. The molecule has 0 fully saturated rings. The molecular weight excluding hydrogens is 420 g/mol. The van der Waals surface area contributed by atoms with Crippen molar-refractivity contribution in [2.75, 3.05) is 0 Å². The van der Waals surface area contributed by atoms with E-state index in [1.54, 1.807) is 0 Å². The molecule has 0 saturated heterocycles.